The summed E-state index contributed by atoms with van der Waals surface area (Å²) in [4.78, 5) is 42.5. The van der Waals surface area contributed by atoms with Crippen LogP contribution in [0.5, 0.6) is 0 Å². The van der Waals surface area contributed by atoms with Gasteiger partial charge in [-0.1, -0.05) is 87.9 Å². The SMILES string of the molecule is C=CCN(C(=O)C(NC(=O)OC(C)(C)C)C(C)CC)C(C(=O)Nc1ccc2ccccc2c1)c1ccc(CC)cc1. The zero-order valence-corrected chi connectivity index (χ0v) is 25.1. The van der Waals surface area contributed by atoms with Crippen molar-refractivity contribution in [1.29, 1.82) is 0 Å². The van der Waals surface area contributed by atoms with E-state index < -0.39 is 23.8 Å². The van der Waals surface area contributed by atoms with E-state index in [1.165, 1.54) is 4.90 Å². The summed E-state index contributed by atoms with van der Waals surface area (Å²) in [6, 6.07) is 19.4. The van der Waals surface area contributed by atoms with Gasteiger partial charge in [0.05, 0.1) is 0 Å². The number of alkyl carbamates (subject to hydrolysis) is 1. The van der Waals surface area contributed by atoms with Crippen LogP contribution in [0.2, 0.25) is 0 Å². The van der Waals surface area contributed by atoms with Crippen LogP contribution in [-0.4, -0.2) is 41.0 Å². The van der Waals surface area contributed by atoms with Crippen molar-refractivity contribution < 1.29 is 19.1 Å². The van der Waals surface area contributed by atoms with Gasteiger partial charge in [0.15, 0.2) is 0 Å². The minimum absolute atomic E-state index is 0.104. The first kappa shape index (κ1) is 31.4. The molecule has 0 bridgehead atoms. The monoisotopic (exact) mass is 557 g/mol. The molecule has 3 aromatic carbocycles. The molecule has 7 nitrogen and oxygen atoms in total. The third-order valence-corrected chi connectivity index (χ3v) is 7.04. The molecule has 0 spiro atoms. The van der Waals surface area contributed by atoms with Crippen molar-refractivity contribution in [1.82, 2.24) is 10.2 Å². The Bertz CT molecular complexity index is 1360. The van der Waals surface area contributed by atoms with E-state index in [4.69, 9.17) is 4.74 Å². The molecule has 0 radical (unpaired) electrons. The second kappa shape index (κ2) is 14.0. The summed E-state index contributed by atoms with van der Waals surface area (Å²) in [5.41, 5.74) is 1.68. The Kier molecular flexibility index (Phi) is 10.7. The first-order chi connectivity index (χ1) is 19.5. The van der Waals surface area contributed by atoms with E-state index in [2.05, 4.69) is 24.1 Å². The molecule has 0 aliphatic carbocycles. The van der Waals surface area contributed by atoms with E-state index in [9.17, 15) is 14.4 Å². The maximum atomic E-state index is 14.2. The molecule has 0 aliphatic rings. The number of carbonyl (C=O) groups is 3. The van der Waals surface area contributed by atoms with Crippen molar-refractivity contribution in [2.75, 3.05) is 11.9 Å². The Labute approximate surface area is 244 Å². The Morgan fingerprint density at radius 2 is 1.63 bits per heavy atom. The molecule has 3 amide bonds. The van der Waals surface area contributed by atoms with Crippen LogP contribution in [0, 0.1) is 5.92 Å². The second-order valence-electron chi connectivity index (χ2n) is 11.3. The van der Waals surface area contributed by atoms with E-state index in [0.29, 0.717) is 17.7 Å². The second-order valence-corrected chi connectivity index (χ2v) is 11.3. The van der Waals surface area contributed by atoms with Gasteiger partial charge in [0, 0.05) is 12.2 Å². The average molecular weight is 558 g/mol. The highest BCUT2D eigenvalue weighted by Gasteiger charge is 2.37. The fourth-order valence-electron chi connectivity index (χ4n) is 4.64. The molecule has 3 aromatic rings. The van der Waals surface area contributed by atoms with E-state index in [-0.39, 0.29) is 24.3 Å². The van der Waals surface area contributed by atoms with Crippen molar-refractivity contribution in [2.45, 2.75) is 72.1 Å². The molecule has 218 valence electrons. The van der Waals surface area contributed by atoms with Crippen LogP contribution in [0.25, 0.3) is 10.8 Å². The van der Waals surface area contributed by atoms with Gasteiger partial charge in [0.25, 0.3) is 5.91 Å². The number of nitrogens with zero attached hydrogens (tertiary/aromatic N) is 1. The number of ether oxygens (including phenoxy) is 1. The summed E-state index contributed by atoms with van der Waals surface area (Å²) in [6.07, 6.45) is 2.39. The molecule has 41 heavy (non-hydrogen) atoms. The van der Waals surface area contributed by atoms with Crippen LogP contribution in [0.1, 0.15) is 65.1 Å². The molecule has 3 rings (SSSR count). The predicted molar refractivity (Wildman–Crippen MR) is 166 cm³/mol. The number of amides is 3. The maximum Gasteiger partial charge on any atom is 0.408 e. The van der Waals surface area contributed by atoms with Gasteiger partial charge in [-0.2, -0.15) is 0 Å². The van der Waals surface area contributed by atoms with Gasteiger partial charge in [0.2, 0.25) is 5.91 Å². The standard InChI is InChI=1S/C34H43N3O4/c1-8-21-37(32(39)29(23(4)9-2)36-33(40)41-34(5,6)7)30(26-17-15-24(10-3)16-18-26)31(38)35-28-20-19-25-13-11-12-14-27(25)22-28/h8,11-20,22-23,29-30H,1,9-10,21H2,2-7H3,(H,35,38)(H,36,40). The van der Waals surface area contributed by atoms with Gasteiger partial charge < -0.3 is 20.3 Å². The van der Waals surface area contributed by atoms with E-state index >= 15 is 0 Å². The summed E-state index contributed by atoms with van der Waals surface area (Å²) in [7, 11) is 0. The molecule has 0 fully saturated rings. The van der Waals surface area contributed by atoms with Crippen LogP contribution in [-0.2, 0) is 20.7 Å². The van der Waals surface area contributed by atoms with Crippen LogP contribution in [0.4, 0.5) is 10.5 Å². The number of hydrogen-bond acceptors (Lipinski definition) is 4. The fraction of sp³-hybridized carbons (Fsp3) is 0.382. The Morgan fingerprint density at radius 3 is 2.22 bits per heavy atom. The first-order valence-electron chi connectivity index (χ1n) is 14.3. The summed E-state index contributed by atoms with van der Waals surface area (Å²) in [6.45, 7) is 15.2. The largest absolute Gasteiger partial charge is 0.444 e. The van der Waals surface area contributed by atoms with Crippen molar-refractivity contribution in [2.24, 2.45) is 5.92 Å². The summed E-state index contributed by atoms with van der Waals surface area (Å²) in [5.74, 6) is -0.961. The quantitative estimate of drug-likeness (QED) is 0.248. The lowest BCUT2D eigenvalue weighted by atomic mass is 9.95. The summed E-state index contributed by atoms with van der Waals surface area (Å²) in [5, 5.41) is 7.86. The van der Waals surface area contributed by atoms with Crippen molar-refractivity contribution in [3.8, 4) is 0 Å². The van der Waals surface area contributed by atoms with Crippen molar-refractivity contribution in [3.63, 3.8) is 0 Å². The number of fused-ring (bicyclic) bond motifs is 1. The zero-order chi connectivity index (χ0) is 30.2. The van der Waals surface area contributed by atoms with Gasteiger partial charge in [-0.3, -0.25) is 9.59 Å². The summed E-state index contributed by atoms with van der Waals surface area (Å²) >= 11 is 0. The number of benzene rings is 3. The van der Waals surface area contributed by atoms with Crippen molar-refractivity contribution >= 4 is 34.4 Å². The molecule has 0 saturated heterocycles. The zero-order valence-electron chi connectivity index (χ0n) is 25.1. The topological polar surface area (TPSA) is 87.7 Å². The molecule has 0 aromatic heterocycles. The van der Waals surface area contributed by atoms with Gasteiger partial charge in [-0.15, -0.1) is 6.58 Å². The Morgan fingerprint density at radius 1 is 0.976 bits per heavy atom. The average Bonchev–Trinajstić information content (AvgIpc) is 2.94. The van der Waals surface area contributed by atoms with Gasteiger partial charge in [-0.05, 0) is 67.1 Å². The normalized spacial score (nSPS) is 13.5. The molecular formula is C34H43N3O4. The minimum atomic E-state index is -0.968. The van der Waals surface area contributed by atoms with Crippen LogP contribution in [0.15, 0.2) is 79.4 Å². The molecule has 0 saturated carbocycles. The Balaban J connectivity index is 2.02. The number of hydrogen-bond donors (Lipinski definition) is 2. The lowest BCUT2D eigenvalue weighted by Gasteiger charge is -2.35. The Hall–Kier alpha value is -4.13. The third-order valence-electron chi connectivity index (χ3n) is 7.04. The summed E-state index contributed by atoms with van der Waals surface area (Å²) < 4.78 is 5.46. The third kappa shape index (κ3) is 8.43. The highest BCUT2D eigenvalue weighted by Crippen LogP contribution is 2.27. The van der Waals surface area contributed by atoms with E-state index in [1.807, 2.05) is 80.6 Å². The predicted octanol–water partition coefficient (Wildman–Crippen LogP) is 7.04. The first-order valence-corrected chi connectivity index (χ1v) is 14.3. The van der Waals surface area contributed by atoms with E-state index in [1.54, 1.807) is 26.8 Å². The van der Waals surface area contributed by atoms with Gasteiger partial charge in [-0.25, -0.2) is 4.79 Å². The number of carbonyl (C=O) groups excluding carboxylic acids is 3. The number of aryl methyl sites for hydroxylation is 1. The smallest absolute Gasteiger partial charge is 0.408 e. The highest BCUT2D eigenvalue weighted by atomic mass is 16.6. The molecule has 2 N–H and O–H groups in total. The van der Waals surface area contributed by atoms with Crippen LogP contribution < -0.4 is 10.6 Å². The molecule has 0 heterocycles. The molecule has 3 unspecified atom stereocenters. The number of anilines is 1. The lowest BCUT2D eigenvalue weighted by Crippen LogP contribution is -2.54. The van der Waals surface area contributed by atoms with E-state index in [0.717, 1.165) is 22.8 Å². The van der Waals surface area contributed by atoms with Crippen LogP contribution >= 0.6 is 0 Å². The van der Waals surface area contributed by atoms with Crippen LogP contribution in [0.3, 0.4) is 0 Å². The number of nitrogens with one attached hydrogen (secondary N) is 2. The van der Waals surface area contributed by atoms with Gasteiger partial charge >= 0.3 is 6.09 Å². The van der Waals surface area contributed by atoms with Gasteiger partial charge in [0.1, 0.15) is 17.7 Å². The highest BCUT2D eigenvalue weighted by molar-refractivity contribution is 6.00. The molecule has 7 heteroatoms. The minimum Gasteiger partial charge on any atom is -0.444 e. The molecule has 0 aliphatic heterocycles. The fourth-order valence-corrected chi connectivity index (χ4v) is 4.64. The molecular weight excluding hydrogens is 514 g/mol. The van der Waals surface area contributed by atoms with Crippen molar-refractivity contribution in [3.05, 3.63) is 90.5 Å². The number of rotatable bonds is 11. The maximum absolute atomic E-state index is 14.2. The lowest BCUT2D eigenvalue weighted by molar-refractivity contribution is -0.141. The molecule has 3 atom stereocenters.